The molecule has 1 fully saturated rings. The largest absolute Gasteiger partial charge is 0.302 e. The number of anilines is 1. The van der Waals surface area contributed by atoms with Gasteiger partial charge in [0, 0.05) is 24.0 Å². The number of aromatic nitrogens is 1. The fraction of sp³-hybridized carbons (Fsp3) is 0.273. The third kappa shape index (κ3) is 4.45. The Morgan fingerprint density at radius 3 is 2.60 bits per heavy atom. The Bertz CT molecular complexity index is 1130. The maximum absolute atomic E-state index is 12.9. The molecule has 1 aromatic heterocycles. The van der Waals surface area contributed by atoms with E-state index < -0.39 is 15.9 Å². The summed E-state index contributed by atoms with van der Waals surface area (Å²) >= 11 is 1.37. The minimum Gasteiger partial charge on any atom is -0.302 e. The zero-order chi connectivity index (χ0) is 21.1. The second-order valence-electron chi connectivity index (χ2n) is 7.41. The molecule has 0 bridgehead atoms. The normalized spacial score (nSPS) is 17.6. The molecule has 1 aliphatic heterocycles. The van der Waals surface area contributed by atoms with Crippen LogP contribution < -0.4 is 5.32 Å². The van der Waals surface area contributed by atoms with Crippen LogP contribution in [-0.4, -0.2) is 36.7 Å². The molecule has 1 unspecified atom stereocenters. The molecule has 2 heterocycles. The number of sulfonamides is 1. The summed E-state index contributed by atoms with van der Waals surface area (Å²) in [5, 5.41) is 5.31. The number of hydrogen-bond acceptors (Lipinski definition) is 5. The molecule has 1 amide bonds. The van der Waals surface area contributed by atoms with E-state index in [1.165, 1.54) is 21.2 Å². The number of carbonyl (C=O) groups is 1. The van der Waals surface area contributed by atoms with Gasteiger partial charge < -0.3 is 5.32 Å². The number of amides is 1. The highest BCUT2D eigenvalue weighted by Gasteiger charge is 2.33. The summed E-state index contributed by atoms with van der Waals surface area (Å²) in [6.45, 7) is 2.64. The molecule has 0 saturated carbocycles. The van der Waals surface area contributed by atoms with Crippen LogP contribution in [-0.2, 0) is 14.8 Å². The summed E-state index contributed by atoms with van der Waals surface area (Å²) in [4.78, 5) is 17.6. The molecule has 3 aromatic rings. The van der Waals surface area contributed by atoms with Crippen molar-refractivity contribution < 1.29 is 13.2 Å². The van der Waals surface area contributed by atoms with Crippen LogP contribution in [0.15, 0.2) is 64.9 Å². The van der Waals surface area contributed by atoms with E-state index in [2.05, 4.69) is 10.3 Å². The van der Waals surface area contributed by atoms with Gasteiger partial charge in [-0.15, -0.1) is 11.3 Å². The topological polar surface area (TPSA) is 79.4 Å². The first-order valence-corrected chi connectivity index (χ1v) is 12.1. The van der Waals surface area contributed by atoms with Crippen LogP contribution in [0.4, 0.5) is 5.13 Å². The molecular weight excluding hydrogens is 418 g/mol. The van der Waals surface area contributed by atoms with Crippen molar-refractivity contribution in [3.8, 4) is 11.3 Å². The third-order valence-electron chi connectivity index (χ3n) is 5.22. The summed E-state index contributed by atoms with van der Waals surface area (Å²) in [6, 6.07) is 16.4. The van der Waals surface area contributed by atoms with Crippen LogP contribution in [0.5, 0.6) is 0 Å². The van der Waals surface area contributed by atoms with Gasteiger partial charge in [-0.3, -0.25) is 4.79 Å². The molecule has 156 valence electrons. The minimum atomic E-state index is -3.60. The molecule has 1 N–H and O–H groups in total. The van der Waals surface area contributed by atoms with E-state index in [9.17, 15) is 13.2 Å². The van der Waals surface area contributed by atoms with Crippen molar-refractivity contribution >= 4 is 32.4 Å². The molecule has 6 nitrogen and oxygen atoms in total. The molecule has 1 aliphatic rings. The average Bonchev–Trinajstić information content (AvgIpc) is 3.23. The Kier molecular flexibility index (Phi) is 5.99. The number of hydrogen-bond donors (Lipinski definition) is 1. The van der Waals surface area contributed by atoms with Crippen molar-refractivity contribution in [1.29, 1.82) is 0 Å². The first-order chi connectivity index (χ1) is 14.4. The highest BCUT2D eigenvalue weighted by Crippen LogP contribution is 2.28. The highest BCUT2D eigenvalue weighted by atomic mass is 32.2. The summed E-state index contributed by atoms with van der Waals surface area (Å²) in [5.41, 5.74) is 2.98. The van der Waals surface area contributed by atoms with Crippen molar-refractivity contribution in [2.24, 2.45) is 5.92 Å². The predicted octanol–water partition coefficient (Wildman–Crippen LogP) is 4.16. The maximum atomic E-state index is 12.9. The zero-order valence-corrected chi connectivity index (χ0v) is 18.2. The van der Waals surface area contributed by atoms with Gasteiger partial charge in [0.05, 0.1) is 16.5 Å². The first kappa shape index (κ1) is 20.7. The number of nitrogens with one attached hydrogen (secondary N) is 1. The molecule has 8 heteroatoms. The van der Waals surface area contributed by atoms with E-state index in [1.54, 1.807) is 30.3 Å². The maximum Gasteiger partial charge on any atom is 0.243 e. The fourth-order valence-electron chi connectivity index (χ4n) is 3.51. The monoisotopic (exact) mass is 441 g/mol. The Morgan fingerprint density at radius 1 is 1.13 bits per heavy atom. The summed E-state index contributed by atoms with van der Waals surface area (Å²) < 4.78 is 27.2. The zero-order valence-electron chi connectivity index (χ0n) is 16.6. The molecular formula is C22H23N3O3S2. The van der Waals surface area contributed by atoms with Gasteiger partial charge in [-0.05, 0) is 31.9 Å². The summed E-state index contributed by atoms with van der Waals surface area (Å²) in [5.74, 6) is -0.586. The van der Waals surface area contributed by atoms with Gasteiger partial charge in [-0.25, -0.2) is 13.4 Å². The van der Waals surface area contributed by atoms with E-state index in [0.717, 1.165) is 11.3 Å². The number of piperidine rings is 1. The molecule has 0 radical (unpaired) electrons. The van der Waals surface area contributed by atoms with Gasteiger partial charge in [-0.1, -0.05) is 48.0 Å². The second kappa shape index (κ2) is 8.67. The van der Waals surface area contributed by atoms with Crippen molar-refractivity contribution in [3.05, 3.63) is 65.5 Å². The van der Waals surface area contributed by atoms with E-state index in [1.807, 2.05) is 36.6 Å². The Labute approximate surface area is 180 Å². The second-order valence-corrected chi connectivity index (χ2v) is 10.2. The van der Waals surface area contributed by atoms with Gasteiger partial charge in [0.25, 0.3) is 0 Å². The van der Waals surface area contributed by atoms with Crippen LogP contribution in [0.1, 0.15) is 18.4 Å². The van der Waals surface area contributed by atoms with E-state index in [4.69, 9.17) is 0 Å². The lowest BCUT2D eigenvalue weighted by molar-refractivity contribution is -0.120. The van der Waals surface area contributed by atoms with Gasteiger partial charge >= 0.3 is 0 Å². The highest BCUT2D eigenvalue weighted by molar-refractivity contribution is 7.89. The predicted molar refractivity (Wildman–Crippen MR) is 119 cm³/mol. The van der Waals surface area contributed by atoms with Gasteiger partial charge in [-0.2, -0.15) is 4.31 Å². The quantitative estimate of drug-likeness (QED) is 0.645. The fourth-order valence-corrected chi connectivity index (χ4v) is 5.78. The summed E-state index contributed by atoms with van der Waals surface area (Å²) in [6.07, 6.45) is 1.31. The lowest BCUT2D eigenvalue weighted by Gasteiger charge is -2.31. The standard InChI is InChI=1S/C22H23N3O3S2/c1-16-9-11-17(12-10-16)20-15-29-22(23-20)24-21(26)18-6-5-13-25(14-18)30(27,28)19-7-3-2-4-8-19/h2-4,7-12,15,18H,5-6,13-14H2,1H3,(H,23,24,26). The SMILES string of the molecule is Cc1ccc(-c2csc(NC(=O)C3CCCN(S(=O)(=O)c4ccccc4)C3)n2)cc1. The van der Waals surface area contributed by atoms with Crippen molar-refractivity contribution in [3.63, 3.8) is 0 Å². The van der Waals surface area contributed by atoms with E-state index in [-0.39, 0.29) is 17.3 Å². The van der Waals surface area contributed by atoms with Crippen LogP contribution in [0, 0.1) is 12.8 Å². The van der Waals surface area contributed by atoms with Gasteiger partial charge in [0.2, 0.25) is 15.9 Å². The third-order valence-corrected chi connectivity index (χ3v) is 7.85. The number of aryl methyl sites for hydroxylation is 1. The first-order valence-electron chi connectivity index (χ1n) is 9.82. The van der Waals surface area contributed by atoms with Crippen LogP contribution in [0.3, 0.4) is 0 Å². The summed E-state index contributed by atoms with van der Waals surface area (Å²) in [7, 11) is -3.60. The number of rotatable bonds is 5. The van der Waals surface area contributed by atoms with Crippen LogP contribution in [0.2, 0.25) is 0 Å². The minimum absolute atomic E-state index is 0.180. The Morgan fingerprint density at radius 2 is 1.87 bits per heavy atom. The molecule has 30 heavy (non-hydrogen) atoms. The van der Waals surface area contributed by atoms with Crippen molar-refractivity contribution in [2.75, 3.05) is 18.4 Å². The molecule has 2 aromatic carbocycles. The molecule has 0 spiro atoms. The number of thiazole rings is 1. The van der Waals surface area contributed by atoms with Gasteiger partial charge in [0.15, 0.2) is 5.13 Å². The average molecular weight is 442 g/mol. The number of nitrogens with zero attached hydrogens (tertiary/aromatic N) is 2. The van der Waals surface area contributed by atoms with E-state index in [0.29, 0.717) is 24.5 Å². The van der Waals surface area contributed by atoms with Crippen molar-refractivity contribution in [1.82, 2.24) is 9.29 Å². The lowest BCUT2D eigenvalue weighted by Crippen LogP contribution is -2.43. The smallest absolute Gasteiger partial charge is 0.243 e. The molecule has 0 aliphatic carbocycles. The number of carbonyl (C=O) groups excluding carboxylic acids is 1. The van der Waals surface area contributed by atoms with Crippen LogP contribution >= 0.6 is 11.3 Å². The molecule has 1 saturated heterocycles. The number of benzene rings is 2. The van der Waals surface area contributed by atoms with Gasteiger partial charge in [0.1, 0.15) is 0 Å². The van der Waals surface area contributed by atoms with Crippen molar-refractivity contribution in [2.45, 2.75) is 24.7 Å². The Hall–Kier alpha value is -2.55. The Balaban J connectivity index is 1.43. The molecule has 4 rings (SSSR count). The van der Waals surface area contributed by atoms with Crippen LogP contribution in [0.25, 0.3) is 11.3 Å². The molecule has 1 atom stereocenters. The van der Waals surface area contributed by atoms with E-state index >= 15 is 0 Å². The lowest BCUT2D eigenvalue weighted by atomic mass is 9.99.